The molecule has 4 nitrogen and oxygen atoms in total. The molecule has 0 bridgehead atoms. The molecule has 0 amide bonds. The first-order valence-electron chi connectivity index (χ1n) is 7.37. The van der Waals surface area contributed by atoms with Crippen LogP contribution in [0.15, 0.2) is 18.2 Å². The Bertz CT molecular complexity index is 596. The van der Waals surface area contributed by atoms with Crippen LogP contribution in [0.4, 0.5) is 0 Å². The summed E-state index contributed by atoms with van der Waals surface area (Å²) in [6.45, 7) is 6.13. The maximum Gasteiger partial charge on any atom is 0.158 e. The van der Waals surface area contributed by atoms with Crippen molar-refractivity contribution >= 4 is 11.3 Å². The van der Waals surface area contributed by atoms with Crippen molar-refractivity contribution in [3.63, 3.8) is 0 Å². The molecule has 0 fully saturated rings. The second kappa shape index (κ2) is 7.43. The number of benzene rings is 1. The number of hydrogen-bond donors (Lipinski definition) is 3. The maximum absolute atomic E-state index is 9.63. The van der Waals surface area contributed by atoms with Crippen LogP contribution in [-0.4, -0.2) is 21.7 Å². The number of hydrogen-bond acceptors (Lipinski definition) is 5. The van der Waals surface area contributed by atoms with Crippen molar-refractivity contribution in [1.82, 2.24) is 10.3 Å². The highest BCUT2D eigenvalue weighted by molar-refractivity contribution is 7.15. The summed E-state index contributed by atoms with van der Waals surface area (Å²) in [5, 5.41) is 23.3. The number of aromatic hydroxyl groups is 2. The highest BCUT2D eigenvalue weighted by Gasteiger charge is 2.13. The molecule has 0 aliphatic rings. The molecule has 5 heteroatoms. The van der Waals surface area contributed by atoms with E-state index in [0.29, 0.717) is 0 Å². The summed E-state index contributed by atoms with van der Waals surface area (Å²) in [5.74, 6) is -0.209. The minimum Gasteiger partial charge on any atom is -0.504 e. The molecule has 0 aliphatic carbocycles. The zero-order valence-electron chi connectivity index (χ0n) is 12.5. The molecule has 1 aromatic carbocycles. The Morgan fingerprint density at radius 3 is 2.62 bits per heavy atom. The van der Waals surface area contributed by atoms with E-state index in [2.05, 4.69) is 19.2 Å². The molecule has 2 rings (SSSR count). The highest BCUT2D eigenvalue weighted by atomic mass is 32.1. The van der Waals surface area contributed by atoms with Crippen molar-refractivity contribution in [2.75, 3.05) is 6.54 Å². The summed E-state index contributed by atoms with van der Waals surface area (Å²) in [5.41, 5.74) is 1.98. The van der Waals surface area contributed by atoms with Gasteiger partial charge >= 0.3 is 0 Å². The lowest BCUT2D eigenvalue weighted by atomic mass is 10.2. The van der Waals surface area contributed by atoms with Crippen molar-refractivity contribution in [2.45, 2.75) is 39.7 Å². The minimum absolute atomic E-state index is 0.103. The van der Waals surface area contributed by atoms with E-state index >= 15 is 0 Å². The fourth-order valence-corrected chi connectivity index (χ4v) is 3.19. The van der Waals surface area contributed by atoms with Gasteiger partial charge in [0.25, 0.3) is 0 Å². The maximum atomic E-state index is 9.63. The SMILES string of the molecule is CCCNCc1sc(-c2ccc(O)c(O)c2)nc1CCC. The van der Waals surface area contributed by atoms with Gasteiger partial charge in [0.2, 0.25) is 0 Å². The van der Waals surface area contributed by atoms with Crippen LogP contribution in [0, 0.1) is 0 Å². The van der Waals surface area contributed by atoms with Gasteiger partial charge in [0.05, 0.1) is 5.69 Å². The zero-order chi connectivity index (χ0) is 15.2. The summed E-state index contributed by atoms with van der Waals surface area (Å²) in [4.78, 5) is 5.96. The second-order valence-corrected chi connectivity index (χ2v) is 6.10. The van der Waals surface area contributed by atoms with Crippen molar-refractivity contribution in [2.24, 2.45) is 0 Å². The topological polar surface area (TPSA) is 65.4 Å². The van der Waals surface area contributed by atoms with Crippen LogP contribution in [0.5, 0.6) is 11.5 Å². The third-order valence-electron chi connectivity index (χ3n) is 3.20. The van der Waals surface area contributed by atoms with Crippen molar-refractivity contribution in [3.05, 3.63) is 28.8 Å². The number of aryl methyl sites for hydroxylation is 1. The van der Waals surface area contributed by atoms with E-state index in [4.69, 9.17) is 4.98 Å². The predicted molar refractivity (Wildman–Crippen MR) is 86.9 cm³/mol. The number of nitrogens with zero attached hydrogens (tertiary/aromatic N) is 1. The molecule has 1 aromatic heterocycles. The van der Waals surface area contributed by atoms with E-state index in [1.165, 1.54) is 10.9 Å². The van der Waals surface area contributed by atoms with Crippen molar-refractivity contribution in [1.29, 1.82) is 0 Å². The molecule has 0 atom stereocenters. The van der Waals surface area contributed by atoms with E-state index in [1.54, 1.807) is 23.5 Å². The molecule has 0 saturated carbocycles. The Balaban J connectivity index is 2.26. The van der Waals surface area contributed by atoms with Crippen molar-refractivity contribution in [3.8, 4) is 22.1 Å². The quantitative estimate of drug-likeness (QED) is 0.539. The van der Waals surface area contributed by atoms with E-state index < -0.39 is 0 Å². The van der Waals surface area contributed by atoms with Gasteiger partial charge in [-0.2, -0.15) is 0 Å². The van der Waals surface area contributed by atoms with Gasteiger partial charge in [0.15, 0.2) is 11.5 Å². The first-order chi connectivity index (χ1) is 10.2. The molecule has 2 aromatic rings. The Kier molecular flexibility index (Phi) is 5.59. The Labute approximate surface area is 129 Å². The van der Waals surface area contributed by atoms with Crippen LogP contribution in [0.2, 0.25) is 0 Å². The molecule has 114 valence electrons. The molecule has 0 spiro atoms. The largest absolute Gasteiger partial charge is 0.504 e. The third-order valence-corrected chi connectivity index (χ3v) is 4.35. The Morgan fingerprint density at radius 2 is 1.95 bits per heavy atom. The Hall–Kier alpha value is -1.59. The lowest BCUT2D eigenvalue weighted by Gasteiger charge is -2.02. The van der Waals surface area contributed by atoms with Crippen LogP contribution in [0.1, 0.15) is 37.3 Å². The zero-order valence-corrected chi connectivity index (χ0v) is 13.3. The highest BCUT2D eigenvalue weighted by Crippen LogP contribution is 2.34. The van der Waals surface area contributed by atoms with E-state index in [9.17, 15) is 10.2 Å². The van der Waals surface area contributed by atoms with Crippen LogP contribution in [-0.2, 0) is 13.0 Å². The van der Waals surface area contributed by atoms with Gasteiger partial charge in [-0.15, -0.1) is 11.3 Å². The van der Waals surface area contributed by atoms with Crippen LogP contribution < -0.4 is 5.32 Å². The van der Waals surface area contributed by atoms with Gasteiger partial charge in [-0.05, 0) is 37.6 Å². The molecule has 0 saturated heterocycles. The summed E-state index contributed by atoms with van der Waals surface area (Å²) >= 11 is 1.65. The van der Waals surface area contributed by atoms with Gasteiger partial charge in [-0.1, -0.05) is 20.3 Å². The standard InChI is InChI=1S/C16H22N2O2S/c1-3-5-12-15(10-17-8-4-2)21-16(18-12)11-6-7-13(19)14(20)9-11/h6-7,9,17,19-20H,3-5,8,10H2,1-2H3. The summed E-state index contributed by atoms with van der Waals surface area (Å²) in [7, 11) is 0. The molecule has 0 radical (unpaired) electrons. The van der Waals surface area contributed by atoms with E-state index in [0.717, 1.165) is 48.6 Å². The first kappa shape index (κ1) is 15.8. The average molecular weight is 306 g/mol. The molecule has 3 N–H and O–H groups in total. The van der Waals surface area contributed by atoms with Crippen molar-refractivity contribution < 1.29 is 10.2 Å². The summed E-state index contributed by atoms with van der Waals surface area (Å²) in [6.07, 6.45) is 3.13. The average Bonchev–Trinajstić information content (AvgIpc) is 2.86. The lowest BCUT2D eigenvalue weighted by Crippen LogP contribution is -2.13. The lowest BCUT2D eigenvalue weighted by molar-refractivity contribution is 0.404. The van der Waals surface area contributed by atoms with Gasteiger partial charge in [0, 0.05) is 17.0 Å². The summed E-state index contributed by atoms with van der Waals surface area (Å²) in [6, 6.07) is 4.85. The van der Waals surface area contributed by atoms with Crippen LogP contribution in [0.25, 0.3) is 10.6 Å². The first-order valence-corrected chi connectivity index (χ1v) is 8.19. The normalized spacial score (nSPS) is 11.0. The van der Waals surface area contributed by atoms with Crippen LogP contribution >= 0.6 is 11.3 Å². The fourth-order valence-electron chi connectivity index (χ4n) is 2.11. The number of phenolic OH excluding ortho intramolecular Hbond substituents is 2. The molecule has 21 heavy (non-hydrogen) atoms. The van der Waals surface area contributed by atoms with Gasteiger partial charge in [-0.25, -0.2) is 4.98 Å². The van der Waals surface area contributed by atoms with Gasteiger partial charge in [-0.3, -0.25) is 0 Å². The monoisotopic (exact) mass is 306 g/mol. The number of thiazole rings is 1. The summed E-state index contributed by atoms with van der Waals surface area (Å²) < 4.78 is 0. The number of phenols is 2. The van der Waals surface area contributed by atoms with E-state index in [1.807, 2.05) is 0 Å². The molecule has 1 heterocycles. The molecular weight excluding hydrogens is 284 g/mol. The minimum atomic E-state index is -0.106. The third kappa shape index (κ3) is 3.95. The predicted octanol–water partition coefficient (Wildman–Crippen LogP) is 3.67. The van der Waals surface area contributed by atoms with Gasteiger partial charge in [0.1, 0.15) is 5.01 Å². The smallest absolute Gasteiger partial charge is 0.158 e. The van der Waals surface area contributed by atoms with Gasteiger partial charge < -0.3 is 15.5 Å². The van der Waals surface area contributed by atoms with Crippen LogP contribution in [0.3, 0.4) is 0 Å². The second-order valence-electron chi connectivity index (χ2n) is 5.02. The number of rotatable bonds is 7. The molecule has 0 unspecified atom stereocenters. The Morgan fingerprint density at radius 1 is 1.14 bits per heavy atom. The number of nitrogens with one attached hydrogen (secondary N) is 1. The fraction of sp³-hybridized carbons (Fsp3) is 0.438. The number of aromatic nitrogens is 1. The molecule has 0 aliphatic heterocycles. The molecular formula is C16H22N2O2S. The van der Waals surface area contributed by atoms with E-state index in [-0.39, 0.29) is 11.5 Å².